The van der Waals surface area contributed by atoms with Crippen LogP contribution in [-0.2, 0) is 9.59 Å². The smallest absolute Gasteiger partial charge is 0.229 e. The zero-order chi connectivity index (χ0) is 10.4. The van der Waals surface area contributed by atoms with E-state index >= 15 is 0 Å². The second-order valence-electron chi connectivity index (χ2n) is 4.00. The molecule has 80 valence electrons. The van der Waals surface area contributed by atoms with Crippen LogP contribution < -0.4 is 5.32 Å². The fourth-order valence-electron chi connectivity index (χ4n) is 1.83. The van der Waals surface area contributed by atoms with E-state index in [9.17, 15) is 9.59 Å². The molecule has 1 saturated heterocycles. The van der Waals surface area contributed by atoms with Gasteiger partial charge in [-0.25, -0.2) is 0 Å². The van der Waals surface area contributed by atoms with Gasteiger partial charge in [0.15, 0.2) is 0 Å². The molecule has 1 unspecified atom stereocenters. The Hall–Kier alpha value is -0.860. The fraction of sp³-hybridized carbons (Fsp3) is 0.818. The zero-order valence-corrected chi connectivity index (χ0v) is 8.84. The molecule has 0 aromatic carbocycles. The molecule has 1 rings (SSSR count). The van der Waals surface area contributed by atoms with Gasteiger partial charge in [0.05, 0.1) is 0 Å². The molecule has 0 aromatic heterocycles. The van der Waals surface area contributed by atoms with Crippen LogP contribution >= 0.6 is 0 Å². The lowest BCUT2D eigenvalue weighted by atomic mass is 9.92. The van der Waals surface area contributed by atoms with Gasteiger partial charge in [-0.15, -0.1) is 0 Å². The summed E-state index contributed by atoms with van der Waals surface area (Å²) in [5, 5.41) is 2.39. The van der Waals surface area contributed by atoms with Crippen molar-refractivity contribution in [1.29, 1.82) is 0 Å². The van der Waals surface area contributed by atoms with E-state index in [1.165, 1.54) is 19.3 Å². The van der Waals surface area contributed by atoms with Crippen molar-refractivity contribution in [3.8, 4) is 0 Å². The lowest BCUT2D eigenvalue weighted by Gasteiger charge is -2.20. The predicted molar refractivity (Wildman–Crippen MR) is 54.6 cm³/mol. The Bertz CT molecular complexity index is 213. The number of rotatable bonds is 5. The lowest BCUT2D eigenvalue weighted by molar-refractivity contribution is -0.136. The first-order chi connectivity index (χ1) is 6.74. The van der Waals surface area contributed by atoms with Crippen LogP contribution in [0.15, 0.2) is 0 Å². The first-order valence-electron chi connectivity index (χ1n) is 5.57. The molecule has 0 bridgehead atoms. The minimum absolute atomic E-state index is 0.0576. The van der Waals surface area contributed by atoms with Crippen LogP contribution in [0, 0.1) is 5.92 Å². The number of unbranched alkanes of at least 4 members (excludes halogenated alkanes) is 3. The second-order valence-corrected chi connectivity index (χ2v) is 4.00. The van der Waals surface area contributed by atoms with Crippen LogP contribution in [0.25, 0.3) is 0 Å². The van der Waals surface area contributed by atoms with Gasteiger partial charge in [-0.1, -0.05) is 32.6 Å². The van der Waals surface area contributed by atoms with Crippen molar-refractivity contribution >= 4 is 11.8 Å². The Morgan fingerprint density at radius 3 is 2.71 bits per heavy atom. The average molecular weight is 197 g/mol. The number of carbonyl (C=O) groups excluding carboxylic acids is 2. The van der Waals surface area contributed by atoms with E-state index in [1.807, 2.05) is 0 Å². The summed E-state index contributed by atoms with van der Waals surface area (Å²) in [6.07, 6.45) is 6.98. The molecule has 1 aliphatic rings. The molecule has 3 heteroatoms. The molecule has 0 saturated carbocycles. The normalized spacial score (nSPS) is 22.2. The number of amides is 2. The van der Waals surface area contributed by atoms with Gasteiger partial charge in [0, 0.05) is 12.3 Å². The highest BCUT2D eigenvalue weighted by atomic mass is 16.2. The van der Waals surface area contributed by atoms with Crippen molar-refractivity contribution < 1.29 is 9.59 Å². The third-order valence-corrected chi connectivity index (χ3v) is 2.76. The van der Waals surface area contributed by atoms with E-state index in [2.05, 4.69) is 12.2 Å². The Morgan fingerprint density at radius 1 is 1.29 bits per heavy atom. The highest BCUT2D eigenvalue weighted by Crippen LogP contribution is 2.19. The van der Waals surface area contributed by atoms with Crippen molar-refractivity contribution in [3.05, 3.63) is 0 Å². The minimum atomic E-state index is -0.111. The monoisotopic (exact) mass is 197 g/mol. The van der Waals surface area contributed by atoms with Crippen molar-refractivity contribution in [2.45, 2.75) is 51.9 Å². The van der Waals surface area contributed by atoms with E-state index in [0.717, 1.165) is 19.3 Å². The van der Waals surface area contributed by atoms with Gasteiger partial charge in [0.1, 0.15) is 0 Å². The van der Waals surface area contributed by atoms with Gasteiger partial charge in [0.25, 0.3) is 0 Å². The zero-order valence-electron chi connectivity index (χ0n) is 8.84. The quantitative estimate of drug-likeness (QED) is 0.541. The van der Waals surface area contributed by atoms with Gasteiger partial charge in [-0.3, -0.25) is 14.9 Å². The van der Waals surface area contributed by atoms with Gasteiger partial charge < -0.3 is 0 Å². The van der Waals surface area contributed by atoms with E-state index in [1.54, 1.807) is 0 Å². The van der Waals surface area contributed by atoms with Gasteiger partial charge in [-0.2, -0.15) is 0 Å². The average Bonchev–Trinajstić information content (AvgIpc) is 2.15. The molecular weight excluding hydrogens is 178 g/mol. The standard InChI is InChI=1S/C11H19NO2/c1-2-3-4-5-6-9-7-8-10(13)12-11(9)14/h9H,2-8H2,1H3,(H,12,13,14). The molecule has 1 fully saturated rings. The number of hydrogen-bond acceptors (Lipinski definition) is 2. The summed E-state index contributed by atoms with van der Waals surface area (Å²) in [5.74, 6) is -0.0814. The molecule has 2 amide bonds. The Balaban J connectivity index is 2.17. The van der Waals surface area contributed by atoms with Gasteiger partial charge in [-0.05, 0) is 12.8 Å². The largest absolute Gasteiger partial charge is 0.296 e. The first-order valence-corrected chi connectivity index (χ1v) is 5.57. The number of piperidine rings is 1. The van der Waals surface area contributed by atoms with E-state index in [0.29, 0.717) is 6.42 Å². The first kappa shape index (κ1) is 11.2. The molecule has 1 heterocycles. The van der Waals surface area contributed by atoms with Gasteiger partial charge in [0.2, 0.25) is 11.8 Å². The van der Waals surface area contributed by atoms with Crippen LogP contribution in [0.5, 0.6) is 0 Å². The summed E-state index contributed by atoms with van der Waals surface area (Å²) < 4.78 is 0. The number of imide groups is 1. The van der Waals surface area contributed by atoms with Crippen LogP contribution in [0.4, 0.5) is 0 Å². The third kappa shape index (κ3) is 3.48. The van der Waals surface area contributed by atoms with Gasteiger partial charge >= 0.3 is 0 Å². The predicted octanol–water partition coefficient (Wildman–Crippen LogP) is 2.01. The van der Waals surface area contributed by atoms with Crippen molar-refractivity contribution in [2.24, 2.45) is 5.92 Å². The number of carbonyl (C=O) groups is 2. The molecule has 0 aromatic rings. The molecule has 1 aliphatic heterocycles. The summed E-state index contributed by atoms with van der Waals surface area (Å²) in [5.41, 5.74) is 0. The molecule has 3 nitrogen and oxygen atoms in total. The lowest BCUT2D eigenvalue weighted by Crippen LogP contribution is -2.40. The summed E-state index contributed by atoms with van der Waals surface area (Å²) >= 11 is 0. The SMILES string of the molecule is CCCCCCC1CCC(=O)NC1=O. The summed E-state index contributed by atoms with van der Waals surface area (Å²) in [6.45, 7) is 2.17. The molecular formula is C11H19NO2. The second kappa shape index (κ2) is 5.78. The number of hydrogen-bond donors (Lipinski definition) is 1. The Morgan fingerprint density at radius 2 is 2.07 bits per heavy atom. The summed E-state index contributed by atoms with van der Waals surface area (Å²) in [7, 11) is 0. The van der Waals surface area contributed by atoms with Crippen molar-refractivity contribution in [3.63, 3.8) is 0 Å². The number of nitrogens with one attached hydrogen (secondary N) is 1. The summed E-state index contributed by atoms with van der Waals surface area (Å²) in [6, 6.07) is 0. The molecule has 1 N–H and O–H groups in total. The summed E-state index contributed by atoms with van der Waals surface area (Å²) in [4.78, 5) is 22.2. The molecule has 0 radical (unpaired) electrons. The van der Waals surface area contributed by atoms with E-state index < -0.39 is 0 Å². The Kier molecular flexibility index (Phi) is 4.63. The van der Waals surface area contributed by atoms with E-state index in [4.69, 9.17) is 0 Å². The molecule has 14 heavy (non-hydrogen) atoms. The highest BCUT2D eigenvalue weighted by molar-refractivity contribution is 5.98. The van der Waals surface area contributed by atoms with Crippen molar-refractivity contribution in [1.82, 2.24) is 5.32 Å². The maximum atomic E-state index is 11.3. The third-order valence-electron chi connectivity index (χ3n) is 2.76. The van der Waals surface area contributed by atoms with Crippen LogP contribution in [0.2, 0.25) is 0 Å². The maximum absolute atomic E-state index is 11.3. The fourth-order valence-corrected chi connectivity index (χ4v) is 1.83. The molecule has 0 spiro atoms. The van der Waals surface area contributed by atoms with E-state index in [-0.39, 0.29) is 17.7 Å². The molecule has 0 aliphatic carbocycles. The van der Waals surface area contributed by atoms with Crippen LogP contribution in [-0.4, -0.2) is 11.8 Å². The topological polar surface area (TPSA) is 46.2 Å². The minimum Gasteiger partial charge on any atom is -0.296 e. The van der Waals surface area contributed by atoms with Crippen LogP contribution in [0.1, 0.15) is 51.9 Å². The molecule has 1 atom stereocenters. The highest BCUT2D eigenvalue weighted by Gasteiger charge is 2.25. The van der Waals surface area contributed by atoms with Crippen molar-refractivity contribution in [2.75, 3.05) is 0 Å². The van der Waals surface area contributed by atoms with Crippen LogP contribution in [0.3, 0.4) is 0 Å². The maximum Gasteiger partial charge on any atom is 0.229 e. The Labute approximate surface area is 85.3 Å².